The molecule has 23 heavy (non-hydrogen) atoms. The smallest absolute Gasteiger partial charge is 0.315 e. The molecule has 2 heterocycles. The van der Waals surface area contributed by atoms with Crippen molar-refractivity contribution < 1.29 is 14.4 Å². The number of amides is 2. The highest BCUT2D eigenvalue weighted by Gasteiger charge is 2.21. The summed E-state index contributed by atoms with van der Waals surface area (Å²) in [5.41, 5.74) is 2.38. The first-order chi connectivity index (χ1) is 11.0. The van der Waals surface area contributed by atoms with Gasteiger partial charge in [0.1, 0.15) is 5.76 Å². The molecule has 0 fully saturated rings. The van der Waals surface area contributed by atoms with Gasteiger partial charge in [0.15, 0.2) is 0 Å². The van der Waals surface area contributed by atoms with Gasteiger partial charge in [-0.15, -0.1) is 0 Å². The number of aliphatic hydroxyl groups is 1. The molecule has 2 aromatic rings. The van der Waals surface area contributed by atoms with E-state index in [2.05, 4.69) is 20.8 Å². The molecule has 0 saturated carbocycles. The minimum Gasteiger partial charge on any atom is -0.387 e. The molecule has 0 spiro atoms. The number of aliphatic hydroxyl groups excluding tert-OH is 1. The predicted molar refractivity (Wildman–Crippen MR) is 84.7 cm³/mol. The minimum absolute atomic E-state index is 0.119. The van der Waals surface area contributed by atoms with E-state index < -0.39 is 6.10 Å². The monoisotopic (exact) mass is 318 g/mol. The summed E-state index contributed by atoms with van der Waals surface area (Å²) < 4.78 is 5.15. The molecule has 0 bridgehead atoms. The summed E-state index contributed by atoms with van der Waals surface area (Å²) in [6.07, 6.45) is 3.14. The first-order valence-electron chi connectivity index (χ1n) is 7.58. The first-order valence-corrected chi connectivity index (χ1v) is 7.58. The van der Waals surface area contributed by atoms with Gasteiger partial charge >= 0.3 is 6.03 Å². The number of carbonyl (C=O) groups excluding carboxylic acids is 1. The van der Waals surface area contributed by atoms with E-state index in [0.29, 0.717) is 17.7 Å². The van der Waals surface area contributed by atoms with Crippen molar-refractivity contribution in [2.45, 2.75) is 39.3 Å². The summed E-state index contributed by atoms with van der Waals surface area (Å²) in [6, 6.07) is 2.90. The third-order valence-electron chi connectivity index (χ3n) is 3.70. The van der Waals surface area contributed by atoms with E-state index in [1.165, 1.54) is 0 Å². The molecular formula is C16H22N4O3. The van der Waals surface area contributed by atoms with E-state index in [1.54, 1.807) is 24.5 Å². The van der Waals surface area contributed by atoms with Gasteiger partial charge in [0.25, 0.3) is 0 Å². The average Bonchev–Trinajstić information content (AvgIpc) is 2.90. The van der Waals surface area contributed by atoms with Gasteiger partial charge in [-0.25, -0.2) is 4.79 Å². The summed E-state index contributed by atoms with van der Waals surface area (Å²) in [5.74, 6) is 0.700. The van der Waals surface area contributed by atoms with Gasteiger partial charge in [-0.3, -0.25) is 4.98 Å². The van der Waals surface area contributed by atoms with Crippen molar-refractivity contribution in [2.24, 2.45) is 0 Å². The van der Waals surface area contributed by atoms with Crippen molar-refractivity contribution >= 4 is 6.03 Å². The van der Waals surface area contributed by atoms with Gasteiger partial charge in [0.05, 0.1) is 17.8 Å². The molecule has 0 aliphatic rings. The number of nitrogens with one attached hydrogen (secondary N) is 2. The van der Waals surface area contributed by atoms with Crippen LogP contribution in [0.4, 0.5) is 4.79 Å². The molecule has 0 saturated heterocycles. The highest BCUT2D eigenvalue weighted by atomic mass is 16.5. The fourth-order valence-electron chi connectivity index (χ4n) is 2.47. The van der Waals surface area contributed by atoms with Crippen molar-refractivity contribution in [2.75, 3.05) is 6.54 Å². The number of aryl methyl sites for hydroxylation is 2. The number of nitrogens with zero attached hydrogens (tertiary/aromatic N) is 2. The van der Waals surface area contributed by atoms with Crippen LogP contribution < -0.4 is 10.6 Å². The van der Waals surface area contributed by atoms with Crippen molar-refractivity contribution in [3.63, 3.8) is 0 Å². The molecule has 3 N–H and O–H groups in total. The third kappa shape index (κ3) is 4.29. The molecule has 2 unspecified atom stereocenters. The lowest BCUT2D eigenvalue weighted by Crippen LogP contribution is -2.40. The largest absolute Gasteiger partial charge is 0.387 e. The van der Waals surface area contributed by atoms with E-state index in [4.69, 9.17) is 4.52 Å². The van der Waals surface area contributed by atoms with Crippen LogP contribution >= 0.6 is 0 Å². The van der Waals surface area contributed by atoms with Crippen LogP contribution in [0.1, 0.15) is 48.1 Å². The zero-order chi connectivity index (χ0) is 16.8. The van der Waals surface area contributed by atoms with Gasteiger partial charge in [-0.2, -0.15) is 0 Å². The molecule has 2 rings (SSSR count). The second kappa shape index (κ2) is 7.73. The molecule has 7 heteroatoms. The van der Waals surface area contributed by atoms with Crippen LogP contribution in [0.25, 0.3) is 0 Å². The van der Waals surface area contributed by atoms with Crippen molar-refractivity contribution in [3.05, 3.63) is 47.1 Å². The summed E-state index contributed by atoms with van der Waals surface area (Å²) in [6.45, 7) is 5.77. The summed E-state index contributed by atoms with van der Waals surface area (Å²) >= 11 is 0. The van der Waals surface area contributed by atoms with Crippen LogP contribution in [0, 0.1) is 13.8 Å². The van der Waals surface area contributed by atoms with Gasteiger partial charge in [0.2, 0.25) is 0 Å². The summed E-state index contributed by atoms with van der Waals surface area (Å²) in [7, 11) is 0. The second-order valence-electron chi connectivity index (χ2n) is 5.35. The van der Waals surface area contributed by atoms with Gasteiger partial charge < -0.3 is 20.3 Å². The first kappa shape index (κ1) is 17.0. The lowest BCUT2D eigenvalue weighted by molar-refractivity contribution is 0.172. The Morgan fingerprint density at radius 3 is 2.61 bits per heavy atom. The molecule has 2 aromatic heterocycles. The van der Waals surface area contributed by atoms with Crippen LogP contribution in [0.5, 0.6) is 0 Å². The Bertz CT molecular complexity index is 623. The molecule has 2 amide bonds. The van der Waals surface area contributed by atoms with Crippen LogP contribution in [0.2, 0.25) is 0 Å². The van der Waals surface area contributed by atoms with Crippen LogP contribution in [0.15, 0.2) is 29.0 Å². The number of pyridine rings is 1. The van der Waals surface area contributed by atoms with Gasteiger partial charge in [-0.1, -0.05) is 12.1 Å². The molecule has 0 aliphatic heterocycles. The summed E-state index contributed by atoms with van der Waals surface area (Å²) in [4.78, 5) is 16.0. The normalized spacial score (nSPS) is 13.4. The molecule has 2 atom stereocenters. The van der Waals surface area contributed by atoms with E-state index in [0.717, 1.165) is 11.3 Å². The number of carbonyl (C=O) groups is 1. The lowest BCUT2D eigenvalue weighted by Gasteiger charge is -2.18. The minimum atomic E-state index is -0.775. The van der Waals surface area contributed by atoms with Crippen molar-refractivity contribution in [3.8, 4) is 0 Å². The molecule has 0 aromatic carbocycles. The Kier molecular flexibility index (Phi) is 5.70. The van der Waals surface area contributed by atoms with E-state index in [1.807, 2.05) is 20.8 Å². The SMILES string of the molecule is CCC(NC(=O)NCC(O)c1ccncc1)c1c(C)noc1C. The molecular weight excluding hydrogens is 296 g/mol. The maximum atomic E-state index is 12.1. The fraction of sp³-hybridized carbons (Fsp3) is 0.438. The number of urea groups is 1. The number of aromatic nitrogens is 2. The van der Waals surface area contributed by atoms with Crippen molar-refractivity contribution in [1.82, 2.24) is 20.8 Å². The quantitative estimate of drug-likeness (QED) is 0.758. The molecule has 0 aliphatic carbocycles. The molecule has 124 valence electrons. The molecule has 0 radical (unpaired) electrons. The Hall–Kier alpha value is -2.41. The predicted octanol–water partition coefficient (Wildman–Crippen LogP) is 2.17. The highest BCUT2D eigenvalue weighted by molar-refractivity contribution is 5.74. The Labute approximate surface area is 135 Å². The fourth-order valence-corrected chi connectivity index (χ4v) is 2.47. The van der Waals surface area contributed by atoms with Crippen LogP contribution in [-0.2, 0) is 0 Å². The lowest BCUT2D eigenvalue weighted by atomic mass is 10.0. The number of rotatable bonds is 6. The zero-order valence-corrected chi connectivity index (χ0v) is 13.5. The maximum absolute atomic E-state index is 12.1. The van der Waals surface area contributed by atoms with E-state index in [-0.39, 0.29) is 18.6 Å². The average molecular weight is 318 g/mol. The third-order valence-corrected chi connectivity index (χ3v) is 3.70. The topological polar surface area (TPSA) is 100 Å². The summed E-state index contributed by atoms with van der Waals surface area (Å²) in [5, 5.41) is 19.5. The van der Waals surface area contributed by atoms with E-state index in [9.17, 15) is 9.90 Å². The molecule has 7 nitrogen and oxygen atoms in total. The van der Waals surface area contributed by atoms with Crippen molar-refractivity contribution in [1.29, 1.82) is 0 Å². The standard InChI is InChI=1S/C16H22N4O3/c1-4-13(15-10(2)20-23-11(15)3)19-16(22)18-9-14(21)12-5-7-17-8-6-12/h5-8,13-14,21H,4,9H2,1-3H3,(H2,18,19,22). The van der Waals surface area contributed by atoms with Gasteiger partial charge in [0, 0.05) is 24.5 Å². The van der Waals surface area contributed by atoms with Gasteiger partial charge in [-0.05, 0) is 38.0 Å². The zero-order valence-electron chi connectivity index (χ0n) is 13.5. The second-order valence-corrected chi connectivity index (χ2v) is 5.35. The van der Waals surface area contributed by atoms with Crippen LogP contribution in [-0.4, -0.2) is 27.8 Å². The van der Waals surface area contributed by atoms with E-state index >= 15 is 0 Å². The Balaban J connectivity index is 1.91. The maximum Gasteiger partial charge on any atom is 0.315 e. The number of hydrogen-bond acceptors (Lipinski definition) is 5. The Morgan fingerprint density at radius 1 is 1.35 bits per heavy atom. The van der Waals surface area contributed by atoms with Crippen LogP contribution in [0.3, 0.4) is 0 Å². The number of hydrogen-bond donors (Lipinski definition) is 3. The highest BCUT2D eigenvalue weighted by Crippen LogP contribution is 2.23. The Morgan fingerprint density at radius 2 is 2.04 bits per heavy atom.